The lowest BCUT2D eigenvalue weighted by atomic mass is 10.2. The van der Waals surface area contributed by atoms with Crippen LogP contribution in [0.25, 0.3) is 0 Å². The molecule has 2 rings (SSSR count). The highest BCUT2D eigenvalue weighted by atomic mass is 32.2. The summed E-state index contributed by atoms with van der Waals surface area (Å²) < 4.78 is 42.3. The van der Waals surface area contributed by atoms with Crippen LogP contribution in [0.5, 0.6) is 0 Å². The summed E-state index contributed by atoms with van der Waals surface area (Å²) in [5.41, 5.74) is -0.0885. The highest BCUT2D eigenvalue weighted by Crippen LogP contribution is 2.21. The predicted octanol–water partition coefficient (Wildman–Crippen LogP) is 2.40. The topological polar surface area (TPSA) is 84.6 Å². The summed E-state index contributed by atoms with van der Waals surface area (Å²) in [4.78, 5) is 10.7. The van der Waals surface area contributed by atoms with Crippen molar-refractivity contribution >= 4 is 15.8 Å². The molecule has 0 saturated heterocycles. The molecule has 2 aromatic rings. The molecular formula is C13H11FO5S. The molecule has 0 unspecified atom stereocenters. The summed E-state index contributed by atoms with van der Waals surface area (Å²) >= 11 is 0. The zero-order chi connectivity index (χ0) is 14.9. The van der Waals surface area contributed by atoms with Crippen LogP contribution in [0, 0.1) is 12.7 Å². The zero-order valence-electron chi connectivity index (χ0n) is 10.5. The van der Waals surface area contributed by atoms with E-state index in [1.165, 1.54) is 19.1 Å². The van der Waals surface area contributed by atoms with Gasteiger partial charge in [-0.1, -0.05) is 6.07 Å². The third-order valence-corrected chi connectivity index (χ3v) is 4.32. The molecule has 1 aromatic heterocycles. The Morgan fingerprint density at radius 2 is 2.05 bits per heavy atom. The van der Waals surface area contributed by atoms with Crippen LogP contribution in [0.3, 0.4) is 0 Å². The Morgan fingerprint density at radius 3 is 2.60 bits per heavy atom. The average Bonchev–Trinajstić information content (AvgIpc) is 2.69. The minimum absolute atomic E-state index is 0.00385. The molecule has 0 amide bonds. The molecule has 0 aliphatic heterocycles. The normalized spacial score (nSPS) is 11.5. The van der Waals surface area contributed by atoms with Crippen molar-refractivity contribution in [2.75, 3.05) is 0 Å². The molecule has 0 saturated carbocycles. The molecule has 106 valence electrons. The molecule has 1 aromatic carbocycles. The largest absolute Gasteiger partial charge is 0.478 e. The number of carboxylic acids is 1. The average molecular weight is 298 g/mol. The van der Waals surface area contributed by atoms with E-state index in [1.54, 1.807) is 0 Å². The number of hydrogen-bond donors (Lipinski definition) is 1. The van der Waals surface area contributed by atoms with Crippen LogP contribution in [0.15, 0.2) is 39.6 Å². The van der Waals surface area contributed by atoms with Crippen molar-refractivity contribution in [1.29, 1.82) is 0 Å². The number of furan rings is 1. The smallest absolute Gasteiger partial charge is 0.339 e. The summed E-state index contributed by atoms with van der Waals surface area (Å²) in [7, 11) is -3.79. The Kier molecular flexibility index (Phi) is 3.63. The quantitative estimate of drug-likeness (QED) is 0.937. The van der Waals surface area contributed by atoms with Crippen molar-refractivity contribution in [1.82, 2.24) is 0 Å². The highest BCUT2D eigenvalue weighted by molar-refractivity contribution is 7.90. The molecule has 1 N–H and O–H groups in total. The maximum Gasteiger partial charge on any atom is 0.339 e. The Bertz CT molecular complexity index is 761. The summed E-state index contributed by atoms with van der Waals surface area (Å²) in [6, 6.07) is 5.76. The number of benzene rings is 1. The lowest BCUT2D eigenvalue weighted by molar-refractivity contribution is 0.0695. The number of hydrogen-bond acceptors (Lipinski definition) is 4. The number of aryl methyl sites for hydroxylation is 1. The van der Waals surface area contributed by atoms with E-state index in [0.717, 1.165) is 18.2 Å². The summed E-state index contributed by atoms with van der Waals surface area (Å²) in [5, 5.41) is 8.87. The van der Waals surface area contributed by atoms with E-state index in [2.05, 4.69) is 0 Å². The van der Waals surface area contributed by atoms with Crippen LogP contribution in [0.2, 0.25) is 0 Å². The molecule has 0 aliphatic carbocycles. The molecule has 0 radical (unpaired) electrons. The van der Waals surface area contributed by atoms with Gasteiger partial charge in [0.1, 0.15) is 28.7 Å². The van der Waals surface area contributed by atoms with Crippen molar-refractivity contribution in [2.45, 2.75) is 17.6 Å². The van der Waals surface area contributed by atoms with E-state index in [1.807, 2.05) is 0 Å². The Labute approximate surface area is 114 Å². The molecule has 0 spiro atoms. The first-order valence-corrected chi connectivity index (χ1v) is 7.26. The summed E-state index contributed by atoms with van der Waals surface area (Å²) in [6.07, 6.45) is 0. The van der Waals surface area contributed by atoms with E-state index in [4.69, 9.17) is 9.52 Å². The fourth-order valence-corrected chi connectivity index (χ4v) is 3.02. The van der Waals surface area contributed by atoms with Crippen molar-refractivity contribution in [3.63, 3.8) is 0 Å². The molecule has 0 aliphatic rings. The number of sulfone groups is 1. The number of rotatable bonds is 4. The zero-order valence-corrected chi connectivity index (χ0v) is 11.3. The second-order valence-electron chi connectivity index (χ2n) is 4.20. The van der Waals surface area contributed by atoms with E-state index in [-0.39, 0.29) is 22.0 Å². The van der Waals surface area contributed by atoms with Crippen LogP contribution >= 0.6 is 0 Å². The van der Waals surface area contributed by atoms with E-state index in [9.17, 15) is 17.6 Å². The van der Waals surface area contributed by atoms with E-state index in [0.29, 0.717) is 0 Å². The third kappa shape index (κ3) is 2.88. The molecule has 1 heterocycles. The minimum atomic E-state index is -3.79. The van der Waals surface area contributed by atoms with Crippen molar-refractivity contribution in [3.8, 4) is 0 Å². The van der Waals surface area contributed by atoms with Crippen LogP contribution in [0.4, 0.5) is 4.39 Å². The second-order valence-corrected chi connectivity index (χ2v) is 6.19. The van der Waals surface area contributed by atoms with Crippen LogP contribution in [-0.2, 0) is 15.6 Å². The van der Waals surface area contributed by atoms with Gasteiger partial charge in [0, 0.05) is 0 Å². The molecule has 0 bridgehead atoms. The van der Waals surface area contributed by atoms with Crippen LogP contribution in [-0.4, -0.2) is 19.5 Å². The lowest BCUT2D eigenvalue weighted by Gasteiger charge is -2.02. The van der Waals surface area contributed by atoms with Gasteiger partial charge in [0.25, 0.3) is 0 Å². The van der Waals surface area contributed by atoms with E-state index < -0.39 is 27.4 Å². The first kappa shape index (κ1) is 14.3. The lowest BCUT2D eigenvalue weighted by Crippen LogP contribution is -2.04. The number of carboxylic acid groups (broad SMARTS) is 1. The third-order valence-electron chi connectivity index (χ3n) is 2.69. The first-order chi connectivity index (χ1) is 9.29. The summed E-state index contributed by atoms with van der Waals surface area (Å²) in [6.45, 7) is 1.43. The maximum atomic E-state index is 13.0. The fraction of sp³-hybridized carbons (Fsp3) is 0.154. The number of aromatic carboxylic acids is 1. The molecular weight excluding hydrogens is 287 g/mol. The fourth-order valence-electron chi connectivity index (χ4n) is 1.76. The van der Waals surface area contributed by atoms with Gasteiger partial charge < -0.3 is 9.52 Å². The molecule has 0 atom stereocenters. The molecule has 5 nitrogen and oxygen atoms in total. The SMILES string of the molecule is Cc1oc(CS(=O)(=O)c2cccc(F)c2)cc1C(=O)O. The second kappa shape index (κ2) is 5.09. The number of halogens is 1. The van der Waals surface area contributed by atoms with Gasteiger partial charge in [-0.3, -0.25) is 0 Å². The standard InChI is InChI=1S/C13H11FO5S/c1-8-12(13(15)16)6-10(19-8)7-20(17,18)11-4-2-3-9(14)5-11/h2-6H,7H2,1H3,(H,15,16). The van der Waals surface area contributed by atoms with Gasteiger partial charge in [0.15, 0.2) is 9.84 Å². The van der Waals surface area contributed by atoms with Gasteiger partial charge in [-0.25, -0.2) is 17.6 Å². The van der Waals surface area contributed by atoms with Gasteiger partial charge in [0.2, 0.25) is 0 Å². The van der Waals surface area contributed by atoms with Crippen LogP contribution in [0.1, 0.15) is 21.9 Å². The first-order valence-electron chi connectivity index (χ1n) is 5.60. The Hall–Kier alpha value is -2.15. The van der Waals surface area contributed by atoms with Gasteiger partial charge in [-0.15, -0.1) is 0 Å². The molecule has 0 fully saturated rings. The monoisotopic (exact) mass is 298 g/mol. The maximum absolute atomic E-state index is 13.0. The van der Waals surface area contributed by atoms with Crippen molar-refractivity contribution < 1.29 is 27.1 Å². The van der Waals surface area contributed by atoms with Crippen LogP contribution < -0.4 is 0 Å². The van der Waals surface area contributed by atoms with Crippen molar-refractivity contribution in [2.24, 2.45) is 0 Å². The van der Waals surface area contributed by atoms with Gasteiger partial charge >= 0.3 is 5.97 Å². The van der Waals surface area contributed by atoms with Gasteiger partial charge in [-0.2, -0.15) is 0 Å². The van der Waals surface area contributed by atoms with E-state index >= 15 is 0 Å². The van der Waals surface area contributed by atoms with Crippen molar-refractivity contribution in [3.05, 3.63) is 53.2 Å². The summed E-state index contributed by atoms with van der Waals surface area (Å²) in [5.74, 6) is -2.25. The Balaban J connectivity index is 2.34. The minimum Gasteiger partial charge on any atom is -0.478 e. The molecule has 7 heteroatoms. The predicted molar refractivity (Wildman–Crippen MR) is 67.7 cm³/mol. The van der Waals surface area contributed by atoms with Gasteiger partial charge in [-0.05, 0) is 31.2 Å². The Morgan fingerprint density at radius 1 is 1.35 bits per heavy atom. The number of carbonyl (C=O) groups is 1. The highest BCUT2D eigenvalue weighted by Gasteiger charge is 2.21. The molecule has 20 heavy (non-hydrogen) atoms. The van der Waals surface area contributed by atoms with Gasteiger partial charge in [0.05, 0.1) is 4.90 Å².